The van der Waals surface area contributed by atoms with Crippen LogP contribution in [0.3, 0.4) is 0 Å². The molecule has 1 heterocycles. The molecule has 2 unspecified atom stereocenters. The van der Waals surface area contributed by atoms with Crippen LogP contribution in [0.25, 0.3) is 11.1 Å². The minimum Gasteiger partial charge on any atom is -0.489 e. The minimum atomic E-state index is -0.768. The Balaban J connectivity index is 1.52. The smallest absolute Gasteiger partial charge is 0.320 e. The lowest BCUT2D eigenvalue weighted by Gasteiger charge is -2.33. The van der Waals surface area contributed by atoms with E-state index in [0.717, 1.165) is 46.5 Å². The Morgan fingerprint density at radius 2 is 1.46 bits per heavy atom. The van der Waals surface area contributed by atoms with Gasteiger partial charge in [-0.1, -0.05) is 103 Å². The van der Waals surface area contributed by atoms with Crippen LogP contribution in [0.1, 0.15) is 35.6 Å². The number of likely N-dealkylation sites (tertiary alicyclic amines) is 1. The molecule has 1 aliphatic heterocycles. The molecule has 4 aromatic rings. The molecular weight excluding hydrogens is 434 g/mol. The highest BCUT2D eigenvalue weighted by Gasteiger charge is 2.37. The molecule has 4 heteroatoms. The average molecular weight is 464 g/mol. The van der Waals surface area contributed by atoms with Crippen LogP contribution in [0.2, 0.25) is 0 Å². The number of benzene rings is 4. The van der Waals surface area contributed by atoms with Crippen molar-refractivity contribution >= 4 is 5.97 Å². The summed E-state index contributed by atoms with van der Waals surface area (Å²) in [6.07, 6.45) is 1.52. The first kappa shape index (κ1) is 22.9. The van der Waals surface area contributed by atoms with Gasteiger partial charge >= 0.3 is 5.97 Å². The molecule has 0 saturated carbocycles. The average Bonchev–Trinajstić information content (AvgIpc) is 3.40. The first-order chi connectivity index (χ1) is 17.2. The van der Waals surface area contributed by atoms with E-state index in [-0.39, 0.29) is 6.04 Å². The number of carboxylic acids is 1. The zero-order chi connectivity index (χ0) is 24.0. The molecule has 0 aliphatic carbocycles. The molecule has 1 aliphatic rings. The largest absolute Gasteiger partial charge is 0.489 e. The summed E-state index contributed by atoms with van der Waals surface area (Å²) >= 11 is 0. The summed E-state index contributed by atoms with van der Waals surface area (Å²) < 4.78 is 6.30. The Labute approximate surface area is 206 Å². The summed E-state index contributed by atoms with van der Waals surface area (Å²) in [5.74, 6) is 0.0145. The topological polar surface area (TPSA) is 49.8 Å². The zero-order valence-corrected chi connectivity index (χ0v) is 19.6. The molecule has 0 bridgehead atoms. The van der Waals surface area contributed by atoms with E-state index in [2.05, 4.69) is 47.4 Å². The Bertz CT molecular complexity index is 1260. The van der Waals surface area contributed by atoms with Crippen LogP contribution in [0, 0.1) is 0 Å². The zero-order valence-electron chi connectivity index (χ0n) is 19.6. The molecule has 2 atom stereocenters. The minimum absolute atomic E-state index is 0.213. The normalized spacial score (nSPS) is 16.6. The van der Waals surface area contributed by atoms with E-state index >= 15 is 0 Å². The number of carbonyl (C=O) groups is 1. The van der Waals surface area contributed by atoms with Gasteiger partial charge in [0.1, 0.15) is 18.4 Å². The van der Waals surface area contributed by atoms with Crippen molar-refractivity contribution in [2.24, 2.45) is 0 Å². The van der Waals surface area contributed by atoms with Gasteiger partial charge in [0.2, 0.25) is 0 Å². The molecule has 4 aromatic carbocycles. The van der Waals surface area contributed by atoms with Crippen LogP contribution < -0.4 is 4.74 Å². The van der Waals surface area contributed by atoms with Crippen molar-refractivity contribution in [2.45, 2.75) is 31.5 Å². The standard InChI is InChI=1S/C31H29NO3/c33-31(34)28-15-9-21-32(28)30(26-19-17-25(18-20-26)24-12-5-2-6-13-24)27-14-7-8-16-29(27)35-22-23-10-3-1-4-11-23/h1-8,10-14,16-20,28,30H,9,15,21-22H2,(H,33,34). The summed E-state index contributed by atoms with van der Waals surface area (Å²) in [6, 6.07) is 36.1. The predicted octanol–water partition coefficient (Wildman–Crippen LogP) is 6.57. The second-order valence-corrected chi connectivity index (χ2v) is 8.94. The van der Waals surface area contributed by atoms with Gasteiger partial charge < -0.3 is 9.84 Å². The highest BCUT2D eigenvalue weighted by atomic mass is 16.5. The third kappa shape index (κ3) is 5.13. The lowest BCUT2D eigenvalue weighted by molar-refractivity contribution is -0.142. The van der Waals surface area contributed by atoms with Crippen molar-refractivity contribution in [3.05, 3.63) is 126 Å². The van der Waals surface area contributed by atoms with Gasteiger partial charge in [-0.3, -0.25) is 9.69 Å². The van der Waals surface area contributed by atoms with Crippen molar-refractivity contribution in [3.63, 3.8) is 0 Å². The first-order valence-electron chi connectivity index (χ1n) is 12.1. The number of nitrogens with zero attached hydrogens (tertiary/aromatic N) is 1. The van der Waals surface area contributed by atoms with E-state index in [1.807, 2.05) is 66.7 Å². The van der Waals surface area contributed by atoms with E-state index < -0.39 is 12.0 Å². The van der Waals surface area contributed by atoms with Crippen LogP contribution in [0.15, 0.2) is 109 Å². The van der Waals surface area contributed by atoms with Crippen LogP contribution in [-0.2, 0) is 11.4 Å². The van der Waals surface area contributed by atoms with Crippen LogP contribution >= 0.6 is 0 Å². The molecule has 1 N–H and O–H groups in total. The molecular formula is C31H29NO3. The fourth-order valence-electron chi connectivity index (χ4n) is 4.97. The Kier molecular flexibility index (Phi) is 6.92. The quantitative estimate of drug-likeness (QED) is 0.321. The van der Waals surface area contributed by atoms with Gasteiger partial charge in [-0.2, -0.15) is 0 Å². The van der Waals surface area contributed by atoms with E-state index in [1.54, 1.807) is 0 Å². The first-order valence-corrected chi connectivity index (χ1v) is 12.1. The van der Waals surface area contributed by atoms with Gasteiger partial charge in [-0.15, -0.1) is 0 Å². The van der Waals surface area contributed by atoms with Crippen molar-refractivity contribution in [3.8, 4) is 16.9 Å². The molecule has 0 spiro atoms. The van der Waals surface area contributed by atoms with Gasteiger partial charge in [-0.05, 0) is 41.2 Å². The van der Waals surface area contributed by atoms with Crippen LogP contribution in [-0.4, -0.2) is 28.6 Å². The molecule has 4 nitrogen and oxygen atoms in total. The summed E-state index contributed by atoms with van der Waals surface area (Å²) in [5, 5.41) is 9.97. The van der Waals surface area contributed by atoms with Gasteiger partial charge in [-0.25, -0.2) is 0 Å². The third-order valence-electron chi connectivity index (χ3n) is 6.70. The third-order valence-corrected chi connectivity index (χ3v) is 6.70. The number of ether oxygens (including phenoxy) is 1. The van der Waals surface area contributed by atoms with Gasteiger partial charge in [0.05, 0.1) is 6.04 Å². The second kappa shape index (κ2) is 10.6. The molecule has 5 rings (SSSR count). The fraction of sp³-hybridized carbons (Fsp3) is 0.194. The van der Waals surface area contributed by atoms with Crippen molar-refractivity contribution < 1.29 is 14.6 Å². The maximum Gasteiger partial charge on any atom is 0.320 e. The van der Waals surface area contributed by atoms with E-state index in [9.17, 15) is 9.90 Å². The Morgan fingerprint density at radius 1 is 0.829 bits per heavy atom. The monoisotopic (exact) mass is 463 g/mol. The number of para-hydroxylation sites is 1. The van der Waals surface area contributed by atoms with Gasteiger partial charge in [0, 0.05) is 12.1 Å². The number of rotatable bonds is 8. The maximum atomic E-state index is 12.1. The summed E-state index contributed by atoms with van der Waals surface area (Å²) in [7, 11) is 0. The molecule has 1 saturated heterocycles. The molecule has 1 fully saturated rings. The second-order valence-electron chi connectivity index (χ2n) is 8.94. The lowest BCUT2D eigenvalue weighted by atomic mass is 9.93. The van der Waals surface area contributed by atoms with E-state index in [1.165, 1.54) is 0 Å². The highest BCUT2D eigenvalue weighted by molar-refractivity contribution is 5.74. The van der Waals surface area contributed by atoms with E-state index in [4.69, 9.17) is 4.74 Å². The van der Waals surface area contributed by atoms with Crippen molar-refractivity contribution in [2.75, 3.05) is 6.54 Å². The molecule has 0 amide bonds. The number of carboxylic acid groups (broad SMARTS) is 1. The van der Waals surface area contributed by atoms with E-state index in [0.29, 0.717) is 13.0 Å². The molecule has 176 valence electrons. The van der Waals surface area contributed by atoms with Crippen LogP contribution in [0.5, 0.6) is 5.75 Å². The number of hydrogen-bond acceptors (Lipinski definition) is 3. The molecule has 0 radical (unpaired) electrons. The molecule has 0 aromatic heterocycles. The Morgan fingerprint density at radius 3 is 2.17 bits per heavy atom. The predicted molar refractivity (Wildman–Crippen MR) is 138 cm³/mol. The Hall–Kier alpha value is -3.89. The van der Waals surface area contributed by atoms with Crippen molar-refractivity contribution in [1.29, 1.82) is 0 Å². The summed E-state index contributed by atoms with van der Waals surface area (Å²) in [5.41, 5.74) is 5.44. The SMILES string of the molecule is O=C(O)C1CCCN1C(c1ccc(-c2ccccc2)cc1)c1ccccc1OCc1ccccc1. The lowest BCUT2D eigenvalue weighted by Crippen LogP contribution is -2.39. The highest BCUT2D eigenvalue weighted by Crippen LogP contribution is 2.39. The van der Waals surface area contributed by atoms with Gasteiger partial charge in [0.25, 0.3) is 0 Å². The fourth-order valence-corrected chi connectivity index (χ4v) is 4.97. The van der Waals surface area contributed by atoms with Crippen LogP contribution in [0.4, 0.5) is 0 Å². The van der Waals surface area contributed by atoms with Crippen molar-refractivity contribution in [1.82, 2.24) is 4.90 Å². The molecule has 35 heavy (non-hydrogen) atoms. The maximum absolute atomic E-state index is 12.1. The van der Waals surface area contributed by atoms with Gasteiger partial charge in [0.15, 0.2) is 0 Å². The number of hydrogen-bond donors (Lipinski definition) is 1. The summed E-state index contributed by atoms with van der Waals surface area (Å²) in [4.78, 5) is 14.3. The number of aliphatic carboxylic acids is 1. The summed E-state index contributed by atoms with van der Waals surface area (Å²) in [6.45, 7) is 1.19.